The van der Waals surface area contributed by atoms with Gasteiger partial charge in [0, 0.05) is 43.0 Å². The molecule has 2 aromatic rings. The van der Waals surface area contributed by atoms with E-state index in [4.69, 9.17) is 0 Å². The van der Waals surface area contributed by atoms with Crippen LogP contribution in [0.3, 0.4) is 0 Å². The topological polar surface area (TPSA) is 48.5 Å². The molecular formula is C23H32N4OS. The predicted octanol–water partition coefficient (Wildman–Crippen LogP) is 3.62. The molecule has 1 amide bonds. The molecule has 1 aromatic carbocycles. The fourth-order valence-electron chi connectivity index (χ4n) is 4.58. The molecule has 6 heteroatoms. The Morgan fingerprint density at radius 2 is 1.97 bits per heavy atom. The second-order valence-corrected chi connectivity index (χ2v) is 9.55. The zero-order valence-corrected chi connectivity index (χ0v) is 18.3. The van der Waals surface area contributed by atoms with Crippen LogP contribution >= 0.6 is 11.3 Å². The minimum Gasteiger partial charge on any atom is -0.352 e. The molecule has 0 saturated carbocycles. The van der Waals surface area contributed by atoms with Gasteiger partial charge < -0.3 is 5.32 Å². The Bertz CT molecular complexity index is 800. The van der Waals surface area contributed by atoms with Crippen LogP contribution in [-0.4, -0.2) is 52.9 Å². The summed E-state index contributed by atoms with van der Waals surface area (Å²) in [6, 6.07) is 11.3. The van der Waals surface area contributed by atoms with Crippen LogP contribution in [0.2, 0.25) is 0 Å². The third kappa shape index (κ3) is 5.24. The van der Waals surface area contributed by atoms with Crippen molar-refractivity contribution >= 4 is 17.2 Å². The Balaban J connectivity index is 1.21. The summed E-state index contributed by atoms with van der Waals surface area (Å²) in [5.74, 6) is 0.414. The standard InChI is InChI=1S/C23H32N4OS/c1-17(19-6-4-3-5-7-19)27-13-10-21(15-27)25-23(28)20-8-11-26(12-9-20)14-22-16-29-18(2)24-22/h3-7,16-17,20-21H,8-15H2,1-2H3,(H,25,28). The number of amides is 1. The van der Waals surface area contributed by atoms with E-state index in [0.717, 1.165) is 62.7 Å². The summed E-state index contributed by atoms with van der Waals surface area (Å²) in [6.45, 7) is 9.19. The van der Waals surface area contributed by atoms with E-state index < -0.39 is 0 Å². The highest BCUT2D eigenvalue weighted by Gasteiger charge is 2.31. The SMILES string of the molecule is Cc1nc(CN2CCC(C(=O)NC3CCN(C(C)c4ccccc4)C3)CC2)cs1. The molecule has 2 saturated heterocycles. The van der Waals surface area contributed by atoms with Gasteiger partial charge in [-0.05, 0) is 51.8 Å². The number of nitrogens with one attached hydrogen (secondary N) is 1. The zero-order chi connectivity index (χ0) is 20.2. The van der Waals surface area contributed by atoms with Crippen molar-refractivity contribution in [1.29, 1.82) is 0 Å². The molecular weight excluding hydrogens is 380 g/mol. The molecule has 29 heavy (non-hydrogen) atoms. The monoisotopic (exact) mass is 412 g/mol. The molecule has 0 radical (unpaired) electrons. The molecule has 4 rings (SSSR count). The molecule has 2 unspecified atom stereocenters. The van der Waals surface area contributed by atoms with E-state index in [1.54, 1.807) is 11.3 Å². The van der Waals surface area contributed by atoms with E-state index in [1.165, 1.54) is 5.56 Å². The first-order valence-corrected chi connectivity index (χ1v) is 11.7. The predicted molar refractivity (Wildman–Crippen MR) is 118 cm³/mol. The van der Waals surface area contributed by atoms with Crippen molar-refractivity contribution in [3.63, 3.8) is 0 Å². The van der Waals surface area contributed by atoms with Crippen molar-refractivity contribution in [3.8, 4) is 0 Å². The van der Waals surface area contributed by atoms with Gasteiger partial charge in [0.05, 0.1) is 10.7 Å². The van der Waals surface area contributed by atoms with Crippen molar-refractivity contribution in [2.24, 2.45) is 5.92 Å². The van der Waals surface area contributed by atoms with Gasteiger partial charge in [0.15, 0.2) is 0 Å². The molecule has 3 heterocycles. The lowest BCUT2D eigenvalue weighted by molar-refractivity contribution is -0.127. The van der Waals surface area contributed by atoms with E-state index in [0.29, 0.717) is 6.04 Å². The van der Waals surface area contributed by atoms with E-state index in [1.807, 2.05) is 0 Å². The highest BCUT2D eigenvalue weighted by atomic mass is 32.1. The van der Waals surface area contributed by atoms with Gasteiger partial charge in [0.1, 0.15) is 0 Å². The van der Waals surface area contributed by atoms with Gasteiger partial charge in [-0.25, -0.2) is 4.98 Å². The van der Waals surface area contributed by atoms with Gasteiger partial charge in [-0.1, -0.05) is 30.3 Å². The van der Waals surface area contributed by atoms with Gasteiger partial charge in [-0.15, -0.1) is 11.3 Å². The molecule has 2 aliphatic rings. The van der Waals surface area contributed by atoms with Crippen LogP contribution in [-0.2, 0) is 11.3 Å². The number of likely N-dealkylation sites (tertiary alicyclic amines) is 2. The number of benzene rings is 1. The first-order chi connectivity index (χ1) is 14.1. The van der Waals surface area contributed by atoms with Crippen LogP contribution < -0.4 is 5.32 Å². The van der Waals surface area contributed by atoms with Gasteiger partial charge in [-0.3, -0.25) is 14.6 Å². The smallest absolute Gasteiger partial charge is 0.223 e. The van der Waals surface area contributed by atoms with Crippen molar-refractivity contribution in [3.05, 3.63) is 52.0 Å². The van der Waals surface area contributed by atoms with Gasteiger partial charge in [0.2, 0.25) is 5.91 Å². The lowest BCUT2D eigenvalue weighted by Gasteiger charge is -2.31. The van der Waals surface area contributed by atoms with Crippen LogP contribution in [0, 0.1) is 12.8 Å². The Labute approximate surface area is 178 Å². The van der Waals surface area contributed by atoms with Crippen molar-refractivity contribution in [2.75, 3.05) is 26.2 Å². The highest BCUT2D eigenvalue weighted by molar-refractivity contribution is 7.09. The van der Waals surface area contributed by atoms with Crippen LogP contribution in [0.25, 0.3) is 0 Å². The molecule has 0 aliphatic carbocycles. The molecule has 2 fully saturated rings. The second kappa shape index (κ2) is 9.37. The number of thiazole rings is 1. The Hall–Kier alpha value is -1.76. The van der Waals surface area contributed by atoms with E-state index in [-0.39, 0.29) is 17.9 Å². The van der Waals surface area contributed by atoms with Crippen LogP contribution in [0.4, 0.5) is 0 Å². The summed E-state index contributed by atoms with van der Waals surface area (Å²) in [6.07, 6.45) is 2.95. The lowest BCUT2D eigenvalue weighted by Crippen LogP contribution is -2.44. The number of carbonyl (C=O) groups is 1. The minimum absolute atomic E-state index is 0.156. The molecule has 156 valence electrons. The van der Waals surface area contributed by atoms with Crippen LogP contribution in [0.5, 0.6) is 0 Å². The Kier molecular flexibility index (Phi) is 6.63. The Morgan fingerprint density at radius 3 is 2.66 bits per heavy atom. The van der Waals surface area contributed by atoms with Crippen molar-refractivity contribution in [1.82, 2.24) is 20.1 Å². The van der Waals surface area contributed by atoms with E-state index in [2.05, 4.69) is 69.7 Å². The first kappa shape index (κ1) is 20.5. The summed E-state index contributed by atoms with van der Waals surface area (Å²) < 4.78 is 0. The number of nitrogens with zero attached hydrogens (tertiary/aromatic N) is 3. The number of hydrogen-bond acceptors (Lipinski definition) is 5. The molecule has 2 atom stereocenters. The highest BCUT2D eigenvalue weighted by Crippen LogP contribution is 2.25. The Morgan fingerprint density at radius 1 is 1.21 bits per heavy atom. The number of rotatable bonds is 6. The summed E-state index contributed by atoms with van der Waals surface area (Å²) >= 11 is 1.71. The number of aryl methyl sites for hydroxylation is 1. The average molecular weight is 413 g/mol. The van der Waals surface area contributed by atoms with Crippen molar-refractivity contribution in [2.45, 2.75) is 51.7 Å². The third-order valence-corrected chi connectivity index (χ3v) is 7.23. The van der Waals surface area contributed by atoms with E-state index >= 15 is 0 Å². The molecule has 2 aliphatic heterocycles. The largest absolute Gasteiger partial charge is 0.352 e. The number of hydrogen-bond donors (Lipinski definition) is 1. The maximum Gasteiger partial charge on any atom is 0.223 e. The number of carbonyl (C=O) groups excluding carboxylic acids is 1. The number of aromatic nitrogens is 1. The molecule has 1 aromatic heterocycles. The van der Waals surface area contributed by atoms with Crippen LogP contribution in [0.1, 0.15) is 48.5 Å². The molecule has 5 nitrogen and oxygen atoms in total. The molecule has 0 spiro atoms. The average Bonchev–Trinajstić information content (AvgIpc) is 3.37. The lowest BCUT2D eigenvalue weighted by atomic mass is 9.95. The van der Waals surface area contributed by atoms with E-state index in [9.17, 15) is 4.79 Å². The maximum atomic E-state index is 12.8. The minimum atomic E-state index is 0.156. The van der Waals surface area contributed by atoms with Gasteiger partial charge in [0.25, 0.3) is 0 Å². The van der Waals surface area contributed by atoms with Crippen LogP contribution in [0.15, 0.2) is 35.7 Å². The maximum absolute atomic E-state index is 12.8. The second-order valence-electron chi connectivity index (χ2n) is 8.48. The summed E-state index contributed by atoms with van der Waals surface area (Å²) in [4.78, 5) is 22.3. The summed E-state index contributed by atoms with van der Waals surface area (Å²) in [5.41, 5.74) is 2.51. The van der Waals surface area contributed by atoms with Crippen molar-refractivity contribution < 1.29 is 4.79 Å². The molecule has 0 bridgehead atoms. The van der Waals surface area contributed by atoms with Gasteiger partial charge >= 0.3 is 0 Å². The normalized spacial score (nSPS) is 22.6. The zero-order valence-electron chi connectivity index (χ0n) is 17.5. The fraction of sp³-hybridized carbons (Fsp3) is 0.565. The van der Waals surface area contributed by atoms with Gasteiger partial charge in [-0.2, -0.15) is 0 Å². The quantitative estimate of drug-likeness (QED) is 0.787. The number of piperidine rings is 1. The molecule has 1 N–H and O–H groups in total. The fourth-order valence-corrected chi connectivity index (χ4v) is 5.19. The summed E-state index contributed by atoms with van der Waals surface area (Å²) in [7, 11) is 0. The first-order valence-electron chi connectivity index (χ1n) is 10.8. The third-order valence-electron chi connectivity index (χ3n) is 6.41. The summed E-state index contributed by atoms with van der Waals surface area (Å²) in [5, 5.41) is 6.62.